The Morgan fingerprint density at radius 1 is 0.605 bits per heavy atom. The van der Waals surface area contributed by atoms with Crippen LogP contribution in [0.15, 0.2) is 140 Å². The number of allylic oxidation sites excluding steroid dienone is 2. The van der Waals surface area contributed by atoms with E-state index < -0.39 is 0 Å². The van der Waals surface area contributed by atoms with E-state index in [1.165, 1.54) is 44.4 Å². The van der Waals surface area contributed by atoms with E-state index in [0.29, 0.717) is 5.92 Å². The average molecular weight is 488 g/mol. The van der Waals surface area contributed by atoms with Crippen LogP contribution in [0.3, 0.4) is 0 Å². The topological polar surface area (TPSA) is 21.1 Å². The Morgan fingerprint density at radius 3 is 2.16 bits per heavy atom. The molecule has 6 aromatic rings. The molecule has 2 unspecified atom stereocenters. The van der Waals surface area contributed by atoms with Gasteiger partial charge in [-0.3, -0.25) is 4.98 Å². The number of hydrogen-bond acceptors (Lipinski definition) is 2. The lowest BCUT2D eigenvalue weighted by Crippen LogP contribution is -2.28. The molecule has 1 aliphatic heterocycles. The number of para-hydroxylation sites is 2. The Balaban J connectivity index is 1.30. The molecule has 38 heavy (non-hydrogen) atoms. The zero-order chi connectivity index (χ0) is 25.1. The third-order valence-corrected chi connectivity index (χ3v) is 7.96. The van der Waals surface area contributed by atoms with Gasteiger partial charge in [0.05, 0.1) is 22.8 Å². The number of nitrogens with zero attached hydrogens (tertiary/aromatic N) is 3. The maximum absolute atomic E-state index is 4.59. The molecule has 8 rings (SSSR count). The Kier molecular flexibility index (Phi) is 4.65. The van der Waals surface area contributed by atoms with E-state index in [0.717, 1.165) is 11.3 Å². The first-order valence-corrected chi connectivity index (χ1v) is 13.1. The van der Waals surface area contributed by atoms with E-state index in [9.17, 15) is 0 Å². The van der Waals surface area contributed by atoms with Crippen molar-refractivity contribution >= 4 is 33.2 Å². The van der Waals surface area contributed by atoms with Crippen LogP contribution in [0.4, 0.5) is 11.4 Å². The number of rotatable bonds is 3. The summed E-state index contributed by atoms with van der Waals surface area (Å²) in [4.78, 5) is 7.07. The van der Waals surface area contributed by atoms with E-state index in [1.54, 1.807) is 0 Å². The van der Waals surface area contributed by atoms with Gasteiger partial charge in [-0.15, -0.1) is 0 Å². The second kappa shape index (κ2) is 8.32. The second-order valence-electron chi connectivity index (χ2n) is 10.0. The second-order valence-corrected chi connectivity index (χ2v) is 10.0. The van der Waals surface area contributed by atoms with Crippen molar-refractivity contribution in [1.82, 2.24) is 9.55 Å². The minimum absolute atomic E-state index is 0.238. The molecule has 180 valence electrons. The molecule has 1 aliphatic carbocycles. The lowest BCUT2D eigenvalue weighted by atomic mass is 9.91. The van der Waals surface area contributed by atoms with Crippen LogP contribution in [0, 0.1) is 0 Å². The van der Waals surface area contributed by atoms with Gasteiger partial charge in [0.2, 0.25) is 0 Å². The van der Waals surface area contributed by atoms with Gasteiger partial charge < -0.3 is 9.47 Å². The fourth-order valence-electron chi connectivity index (χ4n) is 6.32. The maximum atomic E-state index is 4.59. The highest BCUT2D eigenvalue weighted by Crippen LogP contribution is 2.49. The summed E-state index contributed by atoms with van der Waals surface area (Å²) in [6, 6.07) is 39.5. The summed E-state index contributed by atoms with van der Waals surface area (Å²) in [6.07, 6.45) is 10.9. The highest BCUT2D eigenvalue weighted by Gasteiger charge is 2.37. The number of benzene rings is 4. The average Bonchev–Trinajstić information content (AvgIpc) is 3.50. The quantitative estimate of drug-likeness (QED) is 0.249. The van der Waals surface area contributed by atoms with Gasteiger partial charge in [-0.1, -0.05) is 78.9 Å². The molecule has 3 heteroatoms. The van der Waals surface area contributed by atoms with Gasteiger partial charge >= 0.3 is 0 Å². The molecule has 0 radical (unpaired) electrons. The van der Waals surface area contributed by atoms with Gasteiger partial charge in [0.1, 0.15) is 0 Å². The lowest BCUT2D eigenvalue weighted by molar-refractivity contribution is 0.744. The van der Waals surface area contributed by atoms with Crippen molar-refractivity contribution in [2.75, 3.05) is 4.90 Å². The fraction of sp³-hybridized carbons (Fsp3) is 0.0571. The van der Waals surface area contributed by atoms with Crippen LogP contribution < -0.4 is 4.90 Å². The molecular formula is C35H25N3. The van der Waals surface area contributed by atoms with Crippen molar-refractivity contribution in [3.05, 3.63) is 145 Å². The Morgan fingerprint density at radius 2 is 1.37 bits per heavy atom. The van der Waals surface area contributed by atoms with E-state index in [1.807, 2.05) is 18.3 Å². The first kappa shape index (κ1) is 21.2. The van der Waals surface area contributed by atoms with Crippen molar-refractivity contribution in [2.24, 2.45) is 0 Å². The highest BCUT2D eigenvalue weighted by molar-refractivity contribution is 6.09. The van der Waals surface area contributed by atoms with Gasteiger partial charge in [-0.25, -0.2) is 0 Å². The molecule has 3 nitrogen and oxygen atoms in total. The van der Waals surface area contributed by atoms with Crippen LogP contribution in [0.25, 0.3) is 38.8 Å². The van der Waals surface area contributed by atoms with Crippen LogP contribution in [0.2, 0.25) is 0 Å². The molecule has 2 aromatic heterocycles. The molecule has 0 saturated carbocycles. The van der Waals surface area contributed by atoms with Gasteiger partial charge in [-0.05, 0) is 60.2 Å². The molecule has 4 aromatic carbocycles. The number of aromatic nitrogens is 2. The molecule has 0 saturated heterocycles. The van der Waals surface area contributed by atoms with Gasteiger partial charge in [0.25, 0.3) is 0 Å². The minimum Gasteiger partial charge on any atom is -0.333 e. The third kappa shape index (κ3) is 3.12. The third-order valence-electron chi connectivity index (χ3n) is 7.96. The number of anilines is 2. The van der Waals surface area contributed by atoms with Crippen molar-refractivity contribution in [2.45, 2.75) is 12.0 Å². The van der Waals surface area contributed by atoms with Crippen LogP contribution in [0.5, 0.6) is 0 Å². The molecule has 2 atom stereocenters. The highest BCUT2D eigenvalue weighted by atomic mass is 15.2. The monoisotopic (exact) mass is 487 g/mol. The first-order chi connectivity index (χ1) is 18.9. The first-order valence-electron chi connectivity index (χ1n) is 13.1. The van der Waals surface area contributed by atoms with Crippen LogP contribution >= 0.6 is 0 Å². The lowest BCUT2D eigenvalue weighted by Gasteiger charge is -2.29. The van der Waals surface area contributed by atoms with Crippen LogP contribution in [-0.2, 0) is 0 Å². The summed E-state index contributed by atoms with van der Waals surface area (Å²) in [5.74, 6) is 0.293. The summed E-state index contributed by atoms with van der Waals surface area (Å²) in [6.45, 7) is 0. The minimum atomic E-state index is 0.238. The molecule has 0 amide bonds. The van der Waals surface area contributed by atoms with Gasteiger partial charge in [0, 0.05) is 45.5 Å². The van der Waals surface area contributed by atoms with Crippen molar-refractivity contribution < 1.29 is 0 Å². The zero-order valence-corrected chi connectivity index (χ0v) is 20.8. The number of fused-ring (bicyclic) bond motifs is 6. The molecule has 0 fully saturated rings. The number of pyridine rings is 1. The Hall–Kier alpha value is -4.89. The van der Waals surface area contributed by atoms with Crippen molar-refractivity contribution in [3.8, 4) is 16.9 Å². The largest absolute Gasteiger partial charge is 0.333 e. The van der Waals surface area contributed by atoms with Gasteiger partial charge in [0.15, 0.2) is 0 Å². The van der Waals surface area contributed by atoms with Crippen molar-refractivity contribution in [3.63, 3.8) is 0 Å². The smallest absolute Gasteiger partial charge is 0.0702 e. The molecule has 0 N–H and O–H groups in total. The summed E-state index contributed by atoms with van der Waals surface area (Å²) in [5.41, 5.74) is 9.61. The van der Waals surface area contributed by atoms with Gasteiger partial charge in [-0.2, -0.15) is 0 Å². The summed E-state index contributed by atoms with van der Waals surface area (Å²) < 4.78 is 2.41. The van der Waals surface area contributed by atoms with E-state index in [2.05, 4.69) is 136 Å². The predicted octanol–water partition coefficient (Wildman–Crippen LogP) is 8.58. The summed E-state index contributed by atoms with van der Waals surface area (Å²) >= 11 is 0. The fourth-order valence-corrected chi connectivity index (χ4v) is 6.32. The van der Waals surface area contributed by atoms with Crippen LogP contribution in [-0.4, -0.2) is 15.6 Å². The molecule has 2 aliphatic rings. The molecule has 0 spiro atoms. The summed E-state index contributed by atoms with van der Waals surface area (Å²) in [7, 11) is 0. The zero-order valence-electron chi connectivity index (χ0n) is 20.8. The molecule has 3 heterocycles. The standard InChI is InChI=1S/C35H25N3/c1-4-16-32-27(12-1)28-13-2-5-17-33(28)38(32)26-19-20-35-30(23-26)29-14-3-6-18-34(29)37(35)25-11-9-10-24(22-25)31-15-7-8-21-36-31/h1-23,29,34H. The van der Waals surface area contributed by atoms with Crippen molar-refractivity contribution in [1.29, 1.82) is 0 Å². The molecular weight excluding hydrogens is 462 g/mol. The normalized spacial score (nSPS) is 17.7. The number of hydrogen-bond donors (Lipinski definition) is 0. The summed E-state index contributed by atoms with van der Waals surface area (Å²) in [5, 5.41) is 2.57. The van der Waals surface area contributed by atoms with Crippen LogP contribution in [0.1, 0.15) is 11.5 Å². The Bertz CT molecular complexity index is 1840. The maximum Gasteiger partial charge on any atom is 0.0702 e. The van der Waals surface area contributed by atoms with E-state index in [-0.39, 0.29) is 6.04 Å². The Labute approximate surface area is 221 Å². The van der Waals surface area contributed by atoms with E-state index >= 15 is 0 Å². The SMILES string of the molecule is C1=CC2c3cc(-n4c5ccccc5c5ccccc54)ccc3N(c3cccc(-c4ccccn4)c3)C2C=C1. The molecule has 0 bridgehead atoms. The van der Waals surface area contributed by atoms with E-state index in [4.69, 9.17) is 0 Å². The predicted molar refractivity (Wildman–Crippen MR) is 157 cm³/mol.